The molecule has 0 aliphatic carbocycles. The van der Waals surface area contributed by atoms with Crippen LogP contribution in [0.1, 0.15) is 73.3 Å². The number of carbonyl (C=O) groups excluding carboxylic acids is 4. The SMILES string of the molecule is CCn1nc(C)cc1C(=O)Nc1nc2cc(C(N)=O)cnc2n1C/C=C/Cn1c(NC(=O)c2cc(C)nn2CC)nc2cc(C(N)=O)cc(OCCCNCCOC(F)F)c21. The van der Waals surface area contributed by atoms with E-state index in [0.717, 1.165) is 0 Å². The van der Waals surface area contributed by atoms with Crippen LogP contribution >= 0.6 is 0 Å². The number of nitrogens with one attached hydrogen (secondary N) is 3. The highest BCUT2D eigenvalue weighted by molar-refractivity contribution is 6.05. The number of nitrogens with two attached hydrogens (primary N) is 2. The number of anilines is 2. The molecule has 0 saturated carbocycles. The fourth-order valence-electron chi connectivity index (χ4n) is 6.52. The molecule has 20 nitrogen and oxygen atoms in total. The molecule has 0 spiro atoms. The molecule has 322 valence electrons. The van der Waals surface area contributed by atoms with Gasteiger partial charge in [-0.05, 0) is 71.0 Å². The number of ether oxygens (including phenoxy) is 2. The van der Waals surface area contributed by atoms with Crippen LogP contribution in [0.25, 0.3) is 22.2 Å². The molecule has 5 aromatic heterocycles. The number of aryl methyl sites for hydroxylation is 4. The Labute approximate surface area is 347 Å². The number of hydrogen-bond donors (Lipinski definition) is 5. The third-order valence-electron chi connectivity index (χ3n) is 9.30. The van der Waals surface area contributed by atoms with Crippen molar-refractivity contribution in [3.63, 3.8) is 0 Å². The van der Waals surface area contributed by atoms with E-state index in [4.69, 9.17) is 21.2 Å². The van der Waals surface area contributed by atoms with Crippen molar-refractivity contribution in [2.24, 2.45) is 11.5 Å². The van der Waals surface area contributed by atoms with Crippen molar-refractivity contribution in [1.82, 2.24) is 49.0 Å². The van der Waals surface area contributed by atoms with Crippen LogP contribution in [0.5, 0.6) is 5.75 Å². The lowest BCUT2D eigenvalue weighted by Crippen LogP contribution is -2.23. The van der Waals surface area contributed by atoms with Gasteiger partial charge in [0.05, 0.1) is 35.7 Å². The molecule has 7 N–H and O–H groups in total. The second-order valence-corrected chi connectivity index (χ2v) is 13.7. The molecule has 0 aliphatic heterocycles. The number of aromatic nitrogens is 9. The lowest BCUT2D eigenvalue weighted by Gasteiger charge is -2.13. The van der Waals surface area contributed by atoms with Crippen molar-refractivity contribution in [3.8, 4) is 5.75 Å². The molecule has 0 saturated heterocycles. The standard InChI is InChI=1S/C39H46F2N14O6/c1-5-54-28(16-22(3)50-54)35(58)48-38-46-26-18-24(32(42)56)20-30(60-14-9-10-44-11-15-61-37(40)41)31(26)52(38)12-7-8-13-53-34-27(19-25(21-45-34)33(43)57)47-39(53)49-36(59)29-17-23(4)51-55(29)6-2/h7-8,16-21,37,44H,5-6,9-15H2,1-4H3,(H2,42,56)(H2,43,57)(H,46,48,58)(H,47,49,59)/b8-7+. The highest BCUT2D eigenvalue weighted by atomic mass is 19.3. The molecule has 0 atom stereocenters. The van der Waals surface area contributed by atoms with E-state index in [-0.39, 0.29) is 61.6 Å². The van der Waals surface area contributed by atoms with E-state index < -0.39 is 30.2 Å². The number of alkyl halides is 2. The molecule has 0 bridgehead atoms. The van der Waals surface area contributed by atoms with Gasteiger partial charge >= 0.3 is 6.61 Å². The average molecular weight is 845 g/mol. The van der Waals surface area contributed by atoms with E-state index in [2.05, 4.69) is 40.9 Å². The van der Waals surface area contributed by atoms with Crippen molar-refractivity contribution >= 4 is 57.7 Å². The van der Waals surface area contributed by atoms with Crippen molar-refractivity contribution in [2.75, 3.05) is 36.9 Å². The maximum absolute atomic E-state index is 13.7. The van der Waals surface area contributed by atoms with Crippen LogP contribution in [0.15, 0.2) is 48.7 Å². The largest absolute Gasteiger partial charge is 0.491 e. The number of rotatable bonds is 21. The first kappa shape index (κ1) is 43.5. The van der Waals surface area contributed by atoms with Crippen LogP contribution in [-0.4, -0.2) is 100 Å². The number of pyridine rings is 1. The average Bonchev–Trinajstić information content (AvgIpc) is 3.99. The molecule has 61 heavy (non-hydrogen) atoms. The monoisotopic (exact) mass is 844 g/mol. The summed E-state index contributed by atoms with van der Waals surface area (Å²) in [5.41, 5.74) is 14.8. The number of fused-ring (bicyclic) bond motifs is 2. The quantitative estimate of drug-likeness (QED) is 0.0516. The summed E-state index contributed by atoms with van der Waals surface area (Å²) in [6, 6.07) is 7.79. The summed E-state index contributed by atoms with van der Waals surface area (Å²) in [5.74, 6) is -1.82. The number of imidazole rings is 2. The lowest BCUT2D eigenvalue weighted by molar-refractivity contribution is -0.127. The van der Waals surface area contributed by atoms with Crippen molar-refractivity contribution in [1.29, 1.82) is 0 Å². The Hall–Kier alpha value is -7.07. The van der Waals surface area contributed by atoms with Gasteiger partial charge in [-0.2, -0.15) is 19.0 Å². The minimum atomic E-state index is -2.85. The van der Waals surface area contributed by atoms with Crippen molar-refractivity contribution < 1.29 is 37.4 Å². The first-order valence-corrected chi connectivity index (χ1v) is 19.4. The van der Waals surface area contributed by atoms with Gasteiger partial charge < -0.3 is 30.8 Å². The molecule has 4 amide bonds. The molecule has 6 rings (SSSR count). The Kier molecular flexibility index (Phi) is 13.8. The number of halogens is 2. The molecule has 5 heterocycles. The first-order chi connectivity index (χ1) is 29.3. The number of benzene rings is 1. The zero-order chi connectivity index (χ0) is 43.8. The number of carbonyl (C=O) groups is 4. The van der Waals surface area contributed by atoms with E-state index >= 15 is 0 Å². The molecule has 0 unspecified atom stereocenters. The molecular formula is C39H46F2N14O6. The highest BCUT2D eigenvalue weighted by Crippen LogP contribution is 2.32. The Balaban J connectivity index is 1.33. The van der Waals surface area contributed by atoms with Crippen LogP contribution in [0.3, 0.4) is 0 Å². The second kappa shape index (κ2) is 19.3. The first-order valence-electron chi connectivity index (χ1n) is 19.4. The van der Waals surface area contributed by atoms with Crippen LogP contribution in [0.4, 0.5) is 20.7 Å². The maximum atomic E-state index is 13.7. The predicted molar refractivity (Wildman–Crippen MR) is 220 cm³/mol. The zero-order valence-electron chi connectivity index (χ0n) is 33.9. The number of allylic oxidation sites excluding steroid dienone is 2. The van der Waals surface area contributed by atoms with Gasteiger partial charge in [0.1, 0.15) is 28.2 Å². The van der Waals surface area contributed by atoms with Gasteiger partial charge in [-0.15, -0.1) is 0 Å². The van der Waals surface area contributed by atoms with Crippen molar-refractivity contribution in [2.45, 2.75) is 66.9 Å². The van der Waals surface area contributed by atoms with E-state index in [1.807, 2.05) is 13.8 Å². The summed E-state index contributed by atoms with van der Waals surface area (Å²) in [5, 5.41) is 17.5. The maximum Gasteiger partial charge on any atom is 0.345 e. The van der Waals surface area contributed by atoms with Gasteiger partial charge in [0, 0.05) is 44.5 Å². The Morgan fingerprint density at radius 1 is 0.770 bits per heavy atom. The third-order valence-corrected chi connectivity index (χ3v) is 9.30. The number of nitrogens with zero attached hydrogens (tertiary/aromatic N) is 9. The third kappa shape index (κ3) is 10.2. The van der Waals surface area contributed by atoms with E-state index in [0.29, 0.717) is 71.0 Å². The molecule has 1 aromatic carbocycles. The molecule has 22 heteroatoms. The Bertz CT molecular complexity index is 2610. The van der Waals surface area contributed by atoms with E-state index in [1.54, 1.807) is 56.6 Å². The predicted octanol–water partition coefficient (Wildman–Crippen LogP) is 3.39. The fraction of sp³-hybridized carbons (Fsp3) is 0.359. The summed E-state index contributed by atoms with van der Waals surface area (Å²) in [4.78, 5) is 65.3. The van der Waals surface area contributed by atoms with Crippen LogP contribution in [0, 0.1) is 13.8 Å². The minimum absolute atomic E-state index is 0.110. The molecule has 0 fully saturated rings. The zero-order valence-corrected chi connectivity index (χ0v) is 33.9. The fourth-order valence-corrected chi connectivity index (χ4v) is 6.52. The van der Waals surface area contributed by atoms with E-state index in [9.17, 15) is 28.0 Å². The van der Waals surface area contributed by atoms with E-state index in [1.165, 1.54) is 24.4 Å². The number of primary amides is 2. The molecular weight excluding hydrogens is 799 g/mol. The van der Waals surface area contributed by atoms with Gasteiger partial charge in [0.25, 0.3) is 11.8 Å². The summed E-state index contributed by atoms with van der Waals surface area (Å²) in [6.45, 7) is 6.20. The van der Waals surface area contributed by atoms with Crippen molar-refractivity contribution in [3.05, 3.63) is 82.6 Å². The van der Waals surface area contributed by atoms with Gasteiger partial charge in [-0.25, -0.2) is 15.0 Å². The summed E-state index contributed by atoms with van der Waals surface area (Å²) in [7, 11) is 0. The second-order valence-electron chi connectivity index (χ2n) is 13.7. The minimum Gasteiger partial charge on any atom is -0.491 e. The van der Waals surface area contributed by atoms with Gasteiger partial charge in [0.2, 0.25) is 23.7 Å². The summed E-state index contributed by atoms with van der Waals surface area (Å²) >= 11 is 0. The lowest BCUT2D eigenvalue weighted by atomic mass is 10.1. The van der Waals surface area contributed by atoms with Gasteiger partial charge in [0.15, 0.2) is 5.65 Å². The normalized spacial score (nSPS) is 11.7. The van der Waals surface area contributed by atoms with Gasteiger partial charge in [-0.3, -0.25) is 43.7 Å². The number of amides is 4. The summed E-state index contributed by atoms with van der Waals surface area (Å²) in [6.07, 6.45) is 5.36. The highest BCUT2D eigenvalue weighted by Gasteiger charge is 2.23. The Morgan fingerprint density at radius 3 is 1.93 bits per heavy atom. The van der Waals surface area contributed by atoms with Gasteiger partial charge in [-0.1, -0.05) is 12.2 Å². The van der Waals surface area contributed by atoms with Crippen LogP contribution < -0.4 is 32.2 Å². The molecule has 0 radical (unpaired) electrons. The number of hydrogen-bond acceptors (Lipinski definition) is 12. The summed E-state index contributed by atoms with van der Waals surface area (Å²) < 4.78 is 41.5. The molecule has 0 aliphatic rings. The topological polar surface area (TPSA) is 259 Å². The van der Waals surface area contributed by atoms with Crippen LogP contribution in [0.2, 0.25) is 0 Å². The Morgan fingerprint density at radius 2 is 1.34 bits per heavy atom. The smallest absolute Gasteiger partial charge is 0.345 e. The molecule has 6 aromatic rings. The van der Waals surface area contributed by atoms with Crippen LogP contribution in [-0.2, 0) is 30.9 Å².